The summed E-state index contributed by atoms with van der Waals surface area (Å²) in [6, 6.07) is 7.38. The van der Waals surface area contributed by atoms with Gasteiger partial charge in [0.15, 0.2) is 0 Å². The topological polar surface area (TPSA) is 119 Å². The summed E-state index contributed by atoms with van der Waals surface area (Å²) in [4.78, 5) is 20.0. The van der Waals surface area contributed by atoms with Crippen molar-refractivity contribution < 1.29 is 13.2 Å². The van der Waals surface area contributed by atoms with E-state index in [9.17, 15) is 13.2 Å². The molecule has 0 spiro atoms. The molecule has 1 aromatic carbocycles. The van der Waals surface area contributed by atoms with Crippen molar-refractivity contribution in [2.75, 3.05) is 10.0 Å². The Kier molecular flexibility index (Phi) is 5.90. The highest BCUT2D eigenvalue weighted by Gasteiger charge is 2.17. The monoisotopic (exact) mass is 420 g/mol. The van der Waals surface area contributed by atoms with Gasteiger partial charge in [-0.3, -0.25) is 9.48 Å². The van der Waals surface area contributed by atoms with E-state index in [4.69, 9.17) is 11.6 Å². The minimum Gasteiger partial charge on any atom is -0.326 e. The van der Waals surface area contributed by atoms with E-state index in [0.29, 0.717) is 17.3 Å². The molecule has 146 valence electrons. The molecule has 3 aromatic rings. The number of rotatable bonds is 7. The van der Waals surface area contributed by atoms with Crippen molar-refractivity contribution >= 4 is 39.2 Å². The minimum absolute atomic E-state index is 0.0209. The normalized spacial score (nSPS) is 12.4. The number of nitrogens with zero attached hydrogens (tertiary/aromatic N) is 4. The number of sulfonamides is 1. The summed E-state index contributed by atoms with van der Waals surface area (Å²) < 4.78 is 28.6. The summed E-state index contributed by atoms with van der Waals surface area (Å²) in [5, 5.41) is 7.28. The maximum atomic E-state index is 12.3. The molecule has 9 nitrogen and oxygen atoms in total. The number of hydrogen-bond donors (Lipinski definition) is 2. The zero-order valence-corrected chi connectivity index (χ0v) is 16.4. The molecule has 0 aliphatic carbocycles. The summed E-state index contributed by atoms with van der Waals surface area (Å²) in [7, 11) is -3.83. The quantitative estimate of drug-likeness (QED) is 0.605. The number of nitrogens with one attached hydrogen (secondary N) is 2. The Labute approximate surface area is 166 Å². The van der Waals surface area contributed by atoms with Gasteiger partial charge in [0.25, 0.3) is 10.0 Å². The van der Waals surface area contributed by atoms with Gasteiger partial charge in [-0.1, -0.05) is 18.5 Å². The highest BCUT2D eigenvalue weighted by molar-refractivity contribution is 7.92. The van der Waals surface area contributed by atoms with E-state index in [1.807, 2.05) is 0 Å². The fraction of sp³-hybridized carbons (Fsp3) is 0.176. The van der Waals surface area contributed by atoms with Gasteiger partial charge in [-0.2, -0.15) is 5.10 Å². The lowest BCUT2D eigenvalue weighted by Gasteiger charge is -2.13. The molecule has 1 amide bonds. The van der Waals surface area contributed by atoms with Crippen LogP contribution in [-0.2, 0) is 21.4 Å². The van der Waals surface area contributed by atoms with Gasteiger partial charge in [-0.05, 0) is 30.3 Å². The van der Waals surface area contributed by atoms with E-state index in [1.165, 1.54) is 42.9 Å². The highest BCUT2D eigenvalue weighted by Crippen LogP contribution is 2.17. The molecule has 1 unspecified atom stereocenters. The average Bonchev–Trinajstić information content (AvgIpc) is 3.07. The van der Waals surface area contributed by atoms with Gasteiger partial charge in [0.1, 0.15) is 0 Å². The first-order chi connectivity index (χ1) is 13.3. The summed E-state index contributed by atoms with van der Waals surface area (Å²) in [6.45, 7) is 2.12. The first-order valence-corrected chi connectivity index (χ1v) is 10.1. The van der Waals surface area contributed by atoms with Crippen LogP contribution in [0.15, 0.2) is 60.0 Å². The van der Waals surface area contributed by atoms with Crippen LogP contribution >= 0.6 is 11.6 Å². The number of aromatic nitrogens is 4. The molecule has 0 saturated carbocycles. The zero-order valence-electron chi connectivity index (χ0n) is 14.8. The number of carbonyl (C=O) groups is 1. The molecular weight excluding hydrogens is 404 g/mol. The standard InChI is InChI=1S/C17H17ClN6O3S/c1-12(10-24-11-13(18)9-21-24)16(25)22-14-3-5-15(6-4-14)28(26,27)23-17-19-7-2-8-20-17/h2-9,11-12H,10H2,1H3,(H,22,25)(H,19,20,23). The Morgan fingerprint density at radius 2 is 1.89 bits per heavy atom. The Morgan fingerprint density at radius 3 is 2.50 bits per heavy atom. The largest absolute Gasteiger partial charge is 0.326 e. The van der Waals surface area contributed by atoms with Crippen LogP contribution in [-0.4, -0.2) is 34.1 Å². The van der Waals surface area contributed by atoms with E-state index in [0.717, 1.165) is 0 Å². The van der Waals surface area contributed by atoms with Gasteiger partial charge < -0.3 is 5.32 Å². The molecule has 2 N–H and O–H groups in total. The van der Waals surface area contributed by atoms with Crippen LogP contribution in [0.3, 0.4) is 0 Å². The number of benzene rings is 1. The van der Waals surface area contributed by atoms with Crippen molar-refractivity contribution in [1.29, 1.82) is 0 Å². The molecule has 3 rings (SSSR count). The second-order valence-corrected chi connectivity index (χ2v) is 8.09. The van der Waals surface area contributed by atoms with Crippen molar-refractivity contribution in [3.05, 3.63) is 60.1 Å². The van der Waals surface area contributed by atoms with E-state index >= 15 is 0 Å². The SMILES string of the molecule is CC(Cn1cc(Cl)cn1)C(=O)Nc1ccc(S(=O)(=O)Nc2ncccn2)cc1. The van der Waals surface area contributed by atoms with Gasteiger partial charge >= 0.3 is 0 Å². The lowest BCUT2D eigenvalue weighted by molar-refractivity contribution is -0.119. The molecule has 0 aliphatic rings. The molecule has 0 fully saturated rings. The number of amides is 1. The van der Waals surface area contributed by atoms with Crippen LogP contribution in [0.25, 0.3) is 0 Å². The van der Waals surface area contributed by atoms with E-state index in [-0.39, 0.29) is 22.7 Å². The number of anilines is 2. The minimum atomic E-state index is -3.83. The smallest absolute Gasteiger partial charge is 0.264 e. The number of hydrogen-bond acceptors (Lipinski definition) is 6. The van der Waals surface area contributed by atoms with Crippen molar-refractivity contribution in [2.24, 2.45) is 5.92 Å². The predicted octanol–water partition coefficient (Wildman–Crippen LogP) is 2.40. The predicted molar refractivity (Wildman–Crippen MR) is 104 cm³/mol. The third kappa shape index (κ3) is 5.05. The molecular formula is C17H17ClN6O3S. The summed E-state index contributed by atoms with van der Waals surface area (Å²) in [6.07, 6.45) is 6.00. The zero-order chi connectivity index (χ0) is 20.1. The summed E-state index contributed by atoms with van der Waals surface area (Å²) in [5.74, 6) is -0.609. The fourth-order valence-electron chi connectivity index (χ4n) is 2.32. The van der Waals surface area contributed by atoms with Crippen molar-refractivity contribution in [3.8, 4) is 0 Å². The molecule has 2 heterocycles. The average molecular weight is 421 g/mol. The van der Waals surface area contributed by atoms with E-state index in [1.54, 1.807) is 23.9 Å². The Bertz CT molecular complexity index is 1050. The van der Waals surface area contributed by atoms with Crippen LogP contribution in [0.4, 0.5) is 11.6 Å². The third-order valence-electron chi connectivity index (χ3n) is 3.73. The van der Waals surface area contributed by atoms with Crippen LogP contribution < -0.4 is 10.0 Å². The lowest BCUT2D eigenvalue weighted by atomic mass is 10.1. The fourth-order valence-corrected chi connectivity index (χ4v) is 3.43. The summed E-state index contributed by atoms with van der Waals surface area (Å²) >= 11 is 5.81. The van der Waals surface area contributed by atoms with Crippen molar-refractivity contribution in [3.63, 3.8) is 0 Å². The Hall–Kier alpha value is -2.98. The molecule has 0 bridgehead atoms. The van der Waals surface area contributed by atoms with Crippen LogP contribution in [0.5, 0.6) is 0 Å². The van der Waals surface area contributed by atoms with Crippen LogP contribution in [0.1, 0.15) is 6.92 Å². The second-order valence-electron chi connectivity index (χ2n) is 5.97. The molecule has 0 aliphatic heterocycles. The second kappa shape index (κ2) is 8.36. The molecule has 28 heavy (non-hydrogen) atoms. The Balaban J connectivity index is 1.62. The molecule has 11 heteroatoms. The maximum Gasteiger partial charge on any atom is 0.264 e. The van der Waals surface area contributed by atoms with Gasteiger partial charge in [-0.15, -0.1) is 0 Å². The van der Waals surface area contributed by atoms with Crippen LogP contribution in [0.2, 0.25) is 5.02 Å². The third-order valence-corrected chi connectivity index (χ3v) is 5.27. The highest BCUT2D eigenvalue weighted by atomic mass is 35.5. The van der Waals surface area contributed by atoms with Gasteiger partial charge in [0, 0.05) is 24.3 Å². The van der Waals surface area contributed by atoms with Gasteiger partial charge in [0.2, 0.25) is 11.9 Å². The molecule has 2 aromatic heterocycles. The first kappa shape index (κ1) is 19.8. The molecule has 0 saturated heterocycles. The Morgan fingerprint density at radius 1 is 1.21 bits per heavy atom. The van der Waals surface area contributed by atoms with E-state index < -0.39 is 10.0 Å². The van der Waals surface area contributed by atoms with E-state index in [2.05, 4.69) is 25.1 Å². The first-order valence-electron chi connectivity index (χ1n) is 8.22. The van der Waals surface area contributed by atoms with Crippen molar-refractivity contribution in [2.45, 2.75) is 18.4 Å². The lowest BCUT2D eigenvalue weighted by Crippen LogP contribution is -2.24. The number of halogens is 1. The summed E-state index contributed by atoms with van der Waals surface area (Å²) in [5.41, 5.74) is 0.477. The maximum absolute atomic E-state index is 12.3. The molecule has 0 radical (unpaired) electrons. The van der Waals surface area contributed by atoms with Crippen molar-refractivity contribution in [1.82, 2.24) is 19.7 Å². The molecule has 1 atom stereocenters. The number of carbonyl (C=O) groups excluding carboxylic acids is 1. The van der Waals surface area contributed by atoms with Crippen LogP contribution in [0, 0.1) is 5.92 Å². The van der Waals surface area contributed by atoms with Gasteiger partial charge in [-0.25, -0.2) is 23.1 Å². The van der Waals surface area contributed by atoms with Gasteiger partial charge in [0.05, 0.1) is 28.6 Å².